The molecule has 0 aromatic heterocycles. The van der Waals surface area contributed by atoms with E-state index in [0.717, 1.165) is 0 Å². The van der Waals surface area contributed by atoms with Crippen molar-refractivity contribution in [2.75, 3.05) is 0 Å². The van der Waals surface area contributed by atoms with Gasteiger partial charge in [0.15, 0.2) is 11.5 Å². The summed E-state index contributed by atoms with van der Waals surface area (Å²) in [6, 6.07) is 0. The van der Waals surface area contributed by atoms with Gasteiger partial charge in [-0.3, -0.25) is 0 Å². The summed E-state index contributed by atoms with van der Waals surface area (Å²) in [7, 11) is 0. The highest BCUT2D eigenvalue weighted by Crippen LogP contribution is 2.54. The Kier molecular flexibility index (Phi) is 6.07. The minimum atomic E-state index is -6.49. The second kappa shape index (κ2) is 6.32. The second-order valence-corrected chi connectivity index (χ2v) is 5.19. The topological polar surface area (TPSA) is 9.23 Å². The van der Waals surface area contributed by atoms with Gasteiger partial charge in [0.2, 0.25) is 0 Å². The van der Waals surface area contributed by atoms with Gasteiger partial charge in [-0.15, -0.1) is 0 Å². The average Bonchev–Trinajstić information content (AvgIpc) is 2.34. The van der Waals surface area contributed by atoms with E-state index in [9.17, 15) is 52.7 Å². The van der Waals surface area contributed by atoms with Crippen LogP contribution in [0.2, 0.25) is 0 Å². The molecule has 15 heteroatoms. The lowest BCUT2D eigenvalue weighted by atomic mass is 10.1. The lowest BCUT2D eigenvalue weighted by Gasteiger charge is -2.33. The zero-order valence-corrected chi connectivity index (χ0v) is 12.6. The Morgan fingerprint density at radius 2 is 0.760 bits per heavy atom. The van der Waals surface area contributed by atoms with Crippen molar-refractivity contribution in [3.63, 3.8) is 0 Å². The minimum Gasteiger partial charge on any atom is -0.454 e. The van der Waals surface area contributed by atoms with Crippen LogP contribution in [0.1, 0.15) is 0 Å². The van der Waals surface area contributed by atoms with Crippen LogP contribution in [0.4, 0.5) is 52.7 Å². The first-order chi connectivity index (χ1) is 10.5. The molecule has 0 fully saturated rings. The van der Waals surface area contributed by atoms with Gasteiger partial charge in [0.1, 0.15) is 0 Å². The fourth-order valence-electron chi connectivity index (χ4n) is 0.983. The molecule has 0 aliphatic carbocycles. The lowest BCUT2D eigenvalue weighted by Crippen LogP contribution is -2.54. The van der Waals surface area contributed by atoms with Gasteiger partial charge in [-0.25, -0.2) is 0 Å². The number of alkyl halides is 14. The fourth-order valence-corrected chi connectivity index (χ4v) is 1.22. The highest BCUT2D eigenvalue weighted by molar-refractivity contribution is 6.22. The van der Waals surface area contributed by atoms with E-state index in [1.54, 1.807) is 0 Å². The van der Waals surface area contributed by atoms with Crippen LogP contribution in [0.3, 0.4) is 0 Å². The highest BCUT2D eigenvalue weighted by atomic mass is 35.5. The summed E-state index contributed by atoms with van der Waals surface area (Å²) in [5.41, 5.74) is 0. The van der Waals surface area contributed by atoms with E-state index in [1.165, 1.54) is 0 Å². The Morgan fingerprint density at radius 3 is 0.920 bits per heavy atom. The fraction of sp³-hybridized carbons (Fsp3) is 0.600. The summed E-state index contributed by atoms with van der Waals surface area (Å²) in [5.74, 6) is -31.3. The first-order valence-corrected chi connectivity index (χ1v) is 6.02. The van der Waals surface area contributed by atoms with Crippen molar-refractivity contribution >= 4 is 23.2 Å². The van der Waals surface area contributed by atoms with Gasteiger partial charge in [0, 0.05) is 0 Å². The molecule has 0 unspecified atom stereocenters. The highest BCUT2D eigenvalue weighted by Gasteiger charge is 2.75. The number of hydrogen-bond acceptors (Lipinski definition) is 1. The van der Waals surface area contributed by atoms with E-state index >= 15 is 0 Å². The zero-order chi connectivity index (χ0) is 20.9. The Bertz CT molecular complexity index is 497. The summed E-state index contributed by atoms with van der Waals surface area (Å²) in [6.45, 7) is 3.80. The monoisotopic (exact) mass is 438 g/mol. The van der Waals surface area contributed by atoms with Crippen molar-refractivity contribution in [1.29, 1.82) is 0 Å². The summed E-state index contributed by atoms with van der Waals surface area (Å²) < 4.78 is 156. The van der Waals surface area contributed by atoms with Crippen molar-refractivity contribution < 1.29 is 57.4 Å². The average molecular weight is 439 g/mol. The Labute approximate surface area is 140 Å². The van der Waals surface area contributed by atoms with E-state index in [2.05, 4.69) is 27.9 Å². The van der Waals surface area contributed by atoms with E-state index in [4.69, 9.17) is 0 Å². The van der Waals surface area contributed by atoms with Crippen LogP contribution in [0, 0.1) is 0 Å². The number of allylic oxidation sites excluding steroid dienone is 2. The molecule has 1 nitrogen and oxygen atoms in total. The summed E-state index contributed by atoms with van der Waals surface area (Å²) >= 11 is 7.49. The van der Waals surface area contributed by atoms with Crippen molar-refractivity contribution in [2.24, 2.45) is 0 Å². The van der Waals surface area contributed by atoms with Gasteiger partial charge in [-0.05, 0) is 23.2 Å². The van der Waals surface area contributed by atoms with Crippen LogP contribution in [-0.2, 0) is 4.74 Å². The van der Waals surface area contributed by atoms with Crippen LogP contribution in [0.15, 0.2) is 24.7 Å². The Hall–Kier alpha value is -0.980. The van der Waals surface area contributed by atoms with Crippen molar-refractivity contribution in [3.8, 4) is 0 Å². The lowest BCUT2D eigenvalue weighted by molar-refractivity contribution is -0.286. The first-order valence-electron chi connectivity index (χ1n) is 5.26. The number of halogens is 14. The smallest absolute Gasteiger partial charge is 0.394 e. The largest absolute Gasteiger partial charge is 0.454 e. The molecule has 0 saturated carbocycles. The van der Waals surface area contributed by atoms with Crippen LogP contribution in [0.25, 0.3) is 0 Å². The van der Waals surface area contributed by atoms with Crippen molar-refractivity contribution in [3.05, 3.63) is 24.7 Å². The molecule has 0 radical (unpaired) electrons. The zero-order valence-electron chi connectivity index (χ0n) is 11.1. The van der Waals surface area contributed by atoms with Crippen LogP contribution in [0.5, 0.6) is 0 Å². The third kappa shape index (κ3) is 3.91. The Morgan fingerprint density at radius 1 is 0.560 bits per heavy atom. The molecule has 0 aliphatic heterocycles. The molecular formula is C10H4Cl2F12O. The van der Waals surface area contributed by atoms with Crippen LogP contribution < -0.4 is 0 Å². The maximum atomic E-state index is 13.2. The van der Waals surface area contributed by atoms with E-state index in [-0.39, 0.29) is 0 Å². The molecule has 0 N–H and O–H groups in total. The molecule has 0 aliphatic rings. The van der Waals surface area contributed by atoms with E-state index in [0.29, 0.717) is 0 Å². The molecule has 0 aromatic rings. The Balaban J connectivity index is 5.68. The van der Waals surface area contributed by atoms with Crippen LogP contribution in [-0.4, -0.2) is 34.5 Å². The summed E-state index contributed by atoms with van der Waals surface area (Å²) in [6.07, 6.45) is 0. The second-order valence-electron chi connectivity index (χ2n) is 4.24. The summed E-state index contributed by atoms with van der Waals surface area (Å²) in [5, 5.41) is -11.9. The predicted octanol–water partition coefficient (Wildman–Crippen LogP) is 6.23. The molecule has 0 heterocycles. The number of ether oxygens (including phenoxy) is 1. The SMILES string of the molecule is C=C(OC(=C)C(F)(F)C(F)(F)C(F)(F)Cl)C(F)(F)C(F)(F)C(F)(F)Cl. The predicted molar refractivity (Wildman–Crippen MR) is 60.8 cm³/mol. The third-order valence-electron chi connectivity index (χ3n) is 2.45. The van der Waals surface area contributed by atoms with Gasteiger partial charge in [-0.1, -0.05) is 13.2 Å². The van der Waals surface area contributed by atoms with Crippen LogP contribution >= 0.6 is 23.2 Å². The van der Waals surface area contributed by atoms with Gasteiger partial charge in [0.05, 0.1) is 0 Å². The molecule has 25 heavy (non-hydrogen) atoms. The molecule has 0 amide bonds. The normalized spacial score (nSPS) is 15.1. The molecule has 148 valence electrons. The minimum absolute atomic E-state index is 1.90. The summed E-state index contributed by atoms with van der Waals surface area (Å²) in [4.78, 5) is 0. The maximum absolute atomic E-state index is 13.2. The molecule has 0 rings (SSSR count). The van der Waals surface area contributed by atoms with Gasteiger partial charge >= 0.3 is 34.5 Å². The number of hydrogen-bond donors (Lipinski definition) is 0. The van der Waals surface area contributed by atoms with Gasteiger partial charge < -0.3 is 4.74 Å². The first kappa shape index (κ1) is 24.0. The van der Waals surface area contributed by atoms with Gasteiger partial charge in [-0.2, -0.15) is 52.7 Å². The molecular weight excluding hydrogens is 435 g/mol. The molecule has 0 bridgehead atoms. The maximum Gasteiger partial charge on any atom is 0.394 e. The molecule has 0 saturated heterocycles. The quantitative estimate of drug-likeness (QED) is 0.248. The standard InChI is InChI=1S/C10H4Cl2F12O/c1-3(5(13,14)7(17,18)9(11,21)22)25-4(2)6(15,16)8(19,20)10(12,23)24/h1-2H2. The van der Waals surface area contributed by atoms with E-state index in [1.807, 2.05) is 13.2 Å². The van der Waals surface area contributed by atoms with Crippen molar-refractivity contribution in [2.45, 2.75) is 34.5 Å². The van der Waals surface area contributed by atoms with Crippen molar-refractivity contribution in [1.82, 2.24) is 0 Å². The molecule has 0 aromatic carbocycles. The molecule has 0 spiro atoms. The molecule has 0 atom stereocenters. The van der Waals surface area contributed by atoms with E-state index < -0.39 is 46.0 Å². The third-order valence-corrected chi connectivity index (χ3v) is 2.92. The number of rotatable bonds is 8. The van der Waals surface area contributed by atoms with Gasteiger partial charge in [0.25, 0.3) is 0 Å².